The second-order valence-corrected chi connectivity index (χ2v) is 6.00. The van der Waals surface area contributed by atoms with E-state index in [-0.39, 0.29) is 24.0 Å². The minimum atomic E-state index is -0.141. The molecule has 0 unspecified atom stereocenters. The predicted molar refractivity (Wildman–Crippen MR) is 78.3 cm³/mol. The molecule has 0 saturated heterocycles. The summed E-state index contributed by atoms with van der Waals surface area (Å²) in [6, 6.07) is 8.46. The molecule has 0 heterocycles. The van der Waals surface area contributed by atoms with Gasteiger partial charge in [0.1, 0.15) is 11.4 Å². The third-order valence-electron chi connectivity index (χ3n) is 3.35. The molecule has 0 bridgehead atoms. The highest BCUT2D eigenvalue weighted by Gasteiger charge is 2.25. The van der Waals surface area contributed by atoms with E-state index in [0.717, 1.165) is 5.75 Å². The maximum atomic E-state index is 6.24. The van der Waals surface area contributed by atoms with E-state index in [1.54, 1.807) is 0 Å². The molecule has 1 aliphatic rings. The molecule has 0 spiro atoms. The monoisotopic (exact) mass is 269 g/mol. The van der Waals surface area contributed by atoms with Gasteiger partial charge in [0.25, 0.3) is 0 Å². The molecule has 2 N–H and O–H groups in total. The van der Waals surface area contributed by atoms with Crippen LogP contribution in [0.25, 0.3) is 0 Å². The molecule has 0 aromatic heterocycles. The van der Waals surface area contributed by atoms with Crippen molar-refractivity contribution >= 4 is 12.4 Å². The highest BCUT2D eigenvalue weighted by Crippen LogP contribution is 2.36. The number of nitrogens with two attached hydrogens (primary N) is 1. The molecule has 1 aromatic rings. The fourth-order valence-electron chi connectivity index (χ4n) is 2.18. The van der Waals surface area contributed by atoms with Crippen molar-refractivity contribution < 1.29 is 4.74 Å². The minimum Gasteiger partial charge on any atom is -0.488 e. The smallest absolute Gasteiger partial charge is 0.120 e. The van der Waals surface area contributed by atoms with Gasteiger partial charge in [-0.05, 0) is 57.2 Å². The van der Waals surface area contributed by atoms with Crippen molar-refractivity contribution in [2.24, 2.45) is 11.7 Å². The molecule has 1 fully saturated rings. The number of hydrogen-bond donors (Lipinski definition) is 1. The lowest BCUT2D eigenvalue weighted by Gasteiger charge is -2.31. The standard InChI is InChI=1S/C15H23NO.ClH/c1-15(2,3)17-13-9-7-12(8-10-13)14(16)11-5-4-6-11;/h7-11,14H,4-6,16H2,1-3H3;1H/t14-;/m1./s1. The van der Waals surface area contributed by atoms with E-state index in [1.165, 1.54) is 24.8 Å². The summed E-state index contributed by atoms with van der Waals surface area (Å²) in [5.41, 5.74) is 7.33. The predicted octanol–water partition coefficient (Wildman–Crippen LogP) is 4.09. The molecule has 2 rings (SSSR count). The number of benzene rings is 1. The van der Waals surface area contributed by atoms with E-state index < -0.39 is 0 Å². The highest BCUT2D eigenvalue weighted by molar-refractivity contribution is 5.85. The van der Waals surface area contributed by atoms with Crippen molar-refractivity contribution in [3.8, 4) is 5.75 Å². The van der Waals surface area contributed by atoms with E-state index >= 15 is 0 Å². The summed E-state index contributed by atoms with van der Waals surface area (Å²) < 4.78 is 5.80. The summed E-state index contributed by atoms with van der Waals surface area (Å²) in [4.78, 5) is 0. The topological polar surface area (TPSA) is 35.2 Å². The maximum absolute atomic E-state index is 6.24. The van der Waals surface area contributed by atoms with Crippen LogP contribution in [0.5, 0.6) is 5.75 Å². The lowest BCUT2D eigenvalue weighted by Crippen LogP contribution is -2.27. The van der Waals surface area contributed by atoms with Crippen molar-refractivity contribution in [2.45, 2.75) is 51.7 Å². The average molecular weight is 270 g/mol. The van der Waals surface area contributed by atoms with E-state index in [2.05, 4.69) is 32.9 Å². The van der Waals surface area contributed by atoms with Crippen LogP contribution in [0.3, 0.4) is 0 Å². The Bertz CT molecular complexity index is 365. The summed E-state index contributed by atoms with van der Waals surface area (Å²) in [6.45, 7) is 6.17. The normalized spacial score (nSPS) is 17.6. The Balaban J connectivity index is 0.00000162. The summed E-state index contributed by atoms with van der Waals surface area (Å²) >= 11 is 0. The first kappa shape index (κ1) is 15.3. The third kappa shape index (κ3) is 3.89. The fraction of sp³-hybridized carbons (Fsp3) is 0.600. The molecule has 1 aromatic carbocycles. The Morgan fingerprint density at radius 1 is 1.17 bits per heavy atom. The summed E-state index contributed by atoms with van der Waals surface area (Å²) in [5.74, 6) is 1.60. The van der Waals surface area contributed by atoms with Gasteiger partial charge >= 0.3 is 0 Å². The van der Waals surface area contributed by atoms with Crippen molar-refractivity contribution in [3.05, 3.63) is 29.8 Å². The van der Waals surface area contributed by atoms with Gasteiger partial charge in [0, 0.05) is 6.04 Å². The summed E-state index contributed by atoms with van der Waals surface area (Å²) in [7, 11) is 0. The first-order valence-corrected chi connectivity index (χ1v) is 6.50. The van der Waals surface area contributed by atoms with Crippen LogP contribution < -0.4 is 10.5 Å². The van der Waals surface area contributed by atoms with Gasteiger partial charge < -0.3 is 10.5 Å². The third-order valence-corrected chi connectivity index (χ3v) is 3.35. The zero-order valence-electron chi connectivity index (χ0n) is 11.5. The Kier molecular flexibility index (Phi) is 5.06. The van der Waals surface area contributed by atoms with E-state index in [9.17, 15) is 0 Å². The molecular formula is C15H24ClNO. The number of hydrogen-bond acceptors (Lipinski definition) is 2. The molecule has 2 nitrogen and oxygen atoms in total. The first-order valence-electron chi connectivity index (χ1n) is 6.50. The lowest BCUT2D eigenvalue weighted by atomic mass is 9.77. The fourth-order valence-corrected chi connectivity index (χ4v) is 2.18. The largest absolute Gasteiger partial charge is 0.488 e. The summed E-state index contributed by atoms with van der Waals surface area (Å²) in [6.07, 6.45) is 3.90. The molecule has 3 heteroatoms. The van der Waals surface area contributed by atoms with Crippen LogP contribution in [-0.2, 0) is 0 Å². The molecule has 1 atom stereocenters. The maximum Gasteiger partial charge on any atom is 0.120 e. The van der Waals surface area contributed by atoms with Crippen LogP contribution in [0.4, 0.5) is 0 Å². The van der Waals surface area contributed by atoms with Gasteiger partial charge in [0.2, 0.25) is 0 Å². The van der Waals surface area contributed by atoms with E-state index in [0.29, 0.717) is 5.92 Å². The molecule has 1 saturated carbocycles. The number of ether oxygens (including phenoxy) is 1. The van der Waals surface area contributed by atoms with Gasteiger partial charge in [-0.2, -0.15) is 0 Å². The quantitative estimate of drug-likeness (QED) is 0.897. The van der Waals surface area contributed by atoms with Gasteiger partial charge in [-0.1, -0.05) is 18.6 Å². The van der Waals surface area contributed by atoms with E-state index in [1.807, 2.05) is 12.1 Å². The summed E-state index contributed by atoms with van der Waals surface area (Å²) in [5, 5.41) is 0. The molecule has 0 radical (unpaired) electrons. The molecule has 1 aliphatic carbocycles. The van der Waals surface area contributed by atoms with Crippen LogP contribution in [0.15, 0.2) is 24.3 Å². The zero-order chi connectivity index (χ0) is 12.5. The van der Waals surface area contributed by atoms with Crippen LogP contribution in [-0.4, -0.2) is 5.60 Å². The average Bonchev–Trinajstić information content (AvgIpc) is 2.13. The van der Waals surface area contributed by atoms with Crippen molar-refractivity contribution in [2.75, 3.05) is 0 Å². The van der Waals surface area contributed by atoms with Gasteiger partial charge in [0.05, 0.1) is 0 Å². The second kappa shape index (κ2) is 5.94. The molecule has 0 amide bonds. The first-order chi connectivity index (χ1) is 7.96. The Morgan fingerprint density at radius 2 is 1.72 bits per heavy atom. The van der Waals surface area contributed by atoms with Crippen molar-refractivity contribution in [3.63, 3.8) is 0 Å². The number of rotatable bonds is 3. The number of halogens is 1. The Morgan fingerprint density at radius 3 is 2.11 bits per heavy atom. The molecule has 102 valence electrons. The highest BCUT2D eigenvalue weighted by atomic mass is 35.5. The van der Waals surface area contributed by atoms with Crippen LogP contribution in [0.2, 0.25) is 0 Å². The van der Waals surface area contributed by atoms with Crippen molar-refractivity contribution in [1.29, 1.82) is 0 Å². The van der Waals surface area contributed by atoms with Gasteiger partial charge in [0.15, 0.2) is 0 Å². The van der Waals surface area contributed by atoms with E-state index in [4.69, 9.17) is 10.5 Å². The SMILES string of the molecule is CC(C)(C)Oc1ccc([C@H](N)C2CCC2)cc1.Cl. The molecule has 18 heavy (non-hydrogen) atoms. The van der Waals surface area contributed by atoms with Gasteiger partial charge in [-0.15, -0.1) is 12.4 Å². The minimum absolute atomic E-state index is 0. The van der Waals surface area contributed by atoms with Crippen LogP contribution in [0, 0.1) is 5.92 Å². The lowest BCUT2D eigenvalue weighted by molar-refractivity contribution is 0.131. The Hall–Kier alpha value is -0.730. The van der Waals surface area contributed by atoms with Crippen LogP contribution >= 0.6 is 12.4 Å². The zero-order valence-corrected chi connectivity index (χ0v) is 12.3. The molecular weight excluding hydrogens is 246 g/mol. The second-order valence-electron chi connectivity index (χ2n) is 6.00. The van der Waals surface area contributed by atoms with Gasteiger partial charge in [-0.3, -0.25) is 0 Å². The van der Waals surface area contributed by atoms with Gasteiger partial charge in [-0.25, -0.2) is 0 Å². The molecule has 0 aliphatic heterocycles. The van der Waals surface area contributed by atoms with Crippen LogP contribution in [0.1, 0.15) is 51.6 Å². The van der Waals surface area contributed by atoms with Crippen molar-refractivity contribution in [1.82, 2.24) is 0 Å². The Labute approximate surface area is 116 Å².